The summed E-state index contributed by atoms with van der Waals surface area (Å²) in [4.78, 5) is 0. The third-order valence-corrected chi connectivity index (χ3v) is 15.2. The maximum atomic E-state index is 11.1. The molecule has 8 heteroatoms. The van der Waals surface area contributed by atoms with E-state index in [0.29, 0.717) is 8.95 Å². The highest BCUT2D eigenvalue weighted by Crippen LogP contribution is 2.47. The van der Waals surface area contributed by atoms with Gasteiger partial charge in [0, 0.05) is 25.1 Å². The van der Waals surface area contributed by atoms with Crippen LogP contribution in [0.4, 0.5) is 0 Å². The van der Waals surface area contributed by atoms with E-state index in [1.165, 1.54) is 11.1 Å². The summed E-state index contributed by atoms with van der Waals surface area (Å²) in [5, 5.41) is 23.9. The molecule has 0 aromatic heterocycles. The number of halogens is 4. The fraction of sp³-hybridized carbons (Fsp3) is 0.0400. The molecule has 0 bridgehead atoms. The van der Waals surface area contributed by atoms with Crippen LogP contribution in [0, 0.1) is 0 Å². The third-order valence-electron chi connectivity index (χ3n) is 5.37. The van der Waals surface area contributed by atoms with Crippen molar-refractivity contribution in [3.05, 3.63) is 114 Å². The van der Waals surface area contributed by atoms with Gasteiger partial charge in [-0.15, -0.1) is 0 Å². The zero-order valence-corrected chi connectivity index (χ0v) is 25.9. The molecule has 0 aliphatic rings. The Balaban J connectivity index is 1.93. The van der Waals surface area contributed by atoms with Gasteiger partial charge >= 0.3 is 0 Å². The number of aromatic hydroxyl groups is 2. The second-order valence-corrected chi connectivity index (χ2v) is 17.0. The van der Waals surface area contributed by atoms with Gasteiger partial charge in [0.2, 0.25) is 0 Å². The van der Waals surface area contributed by atoms with Gasteiger partial charge in [-0.05, 0) is 67.3 Å². The van der Waals surface area contributed by atoms with Gasteiger partial charge in [0.05, 0.1) is 18.1 Å². The molecule has 2 nitrogen and oxygen atoms in total. The number of hydrogen-bond acceptors (Lipinski definition) is 2. The molecule has 4 aromatic carbocycles. The van der Waals surface area contributed by atoms with E-state index in [2.05, 4.69) is 112 Å². The van der Waals surface area contributed by atoms with Crippen molar-refractivity contribution >= 4 is 91.0 Å². The van der Waals surface area contributed by atoms with Gasteiger partial charge in [-0.1, -0.05) is 100.0 Å². The topological polar surface area (TPSA) is 40.5 Å². The van der Waals surface area contributed by atoms with Gasteiger partial charge < -0.3 is 10.2 Å². The molecule has 0 spiro atoms. The standard InChI is InChI=1S/C25H19Br4O2PSi/c26-17-11-19(28)23(30)21(13-17)32(22-14-18(27)12-20(29)24(22)31)33-25(15-7-3-1-4-8-15)16-9-5-2-6-10-16/h1-14,25,30-31H,33H2. The predicted octanol–water partition coefficient (Wildman–Crippen LogP) is 7.45. The Morgan fingerprint density at radius 1 is 0.606 bits per heavy atom. The maximum Gasteiger partial charge on any atom is 0.137 e. The molecule has 0 saturated heterocycles. The van der Waals surface area contributed by atoms with Gasteiger partial charge in [0.1, 0.15) is 11.5 Å². The van der Waals surface area contributed by atoms with E-state index in [1.54, 1.807) is 0 Å². The van der Waals surface area contributed by atoms with Gasteiger partial charge in [0.15, 0.2) is 0 Å². The first-order valence-electron chi connectivity index (χ1n) is 10.1. The number of benzene rings is 4. The molecule has 0 aliphatic heterocycles. The Morgan fingerprint density at radius 3 is 1.39 bits per heavy atom. The van der Waals surface area contributed by atoms with E-state index in [0.717, 1.165) is 19.6 Å². The van der Waals surface area contributed by atoms with E-state index in [4.69, 9.17) is 0 Å². The highest BCUT2D eigenvalue weighted by Gasteiger charge is 2.29. The predicted molar refractivity (Wildman–Crippen MR) is 156 cm³/mol. The number of phenols is 2. The Kier molecular flexibility index (Phi) is 8.53. The van der Waals surface area contributed by atoms with Crippen LogP contribution in [-0.2, 0) is 0 Å². The fourth-order valence-corrected chi connectivity index (χ4v) is 15.2. The number of hydrogen-bond donors (Lipinski definition) is 2. The third kappa shape index (κ3) is 5.83. The summed E-state index contributed by atoms with van der Waals surface area (Å²) in [6.45, 7) is 0. The van der Waals surface area contributed by atoms with Crippen molar-refractivity contribution in [3.63, 3.8) is 0 Å². The molecule has 0 fully saturated rings. The molecule has 2 N–H and O–H groups in total. The summed E-state index contributed by atoms with van der Waals surface area (Å²) in [6, 6.07) is 28.7. The van der Waals surface area contributed by atoms with E-state index in [-0.39, 0.29) is 17.0 Å². The number of phenolic OH excluding ortho intramolecular Hbond substituents is 2. The highest BCUT2D eigenvalue weighted by molar-refractivity contribution is 9.11. The van der Waals surface area contributed by atoms with Crippen LogP contribution >= 0.6 is 71.2 Å². The summed E-state index contributed by atoms with van der Waals surface area (Å²) >= 11 is 14.2. The molecular formula is C25H19Br4O2PSi. The summed E-state index contributed by atoms with van der Waals surface area (Å²) < 4.78 is 3.04. The van der Waals surface area contributed by atoms with Crippen LogP contribution in [0.25, 0.3) is 0 Å². The molecule has 33 heavy (non-hydrogen) atoms. The van der Waals surface area contributed by atoms with Crippen LogP contribution in [0.3, 0.4) is 0 Å². The highest BCUT2D eigenvalue weighted by atomic mass is 79.9. The van der Waals surface area contributed by atoms with Crippen LogP contribution in [0.5, 0.6) is 11.5 Å². The molecule has 0 radical (unpaired) electrons. The van der Waals surface area contributed by atoms with Gasteiger partial charge in [-0.3, -0.25) is 0 Å². The smallest absolute Gasteiger partial charge is 0.137 e. The van der Waals surface area contributed by atoms with Gasteiger partial charge in [-0.2, -0.15) is 0 Å². The molecule has 168 valence electrons. The van der Waals surface area contributed by atoms with Gasteiger partial charge in [-0.25, -0.2) is 0 Å². The Bertz CT molecular complexity index is 1180. The molecule has 0 atom stereocenters. The minimum Gasteiger partial charge on any atom is -0.506 e. The van der Waals surface area contributed by atoms with Crippen molar-refractivity contribution in [3.8, 4) is 11.5 Å². The van der Waals surface area contributed by atoms with Crippen molar-refractivity contribution in [2.45, 2.75) is 5.54 Å². The minimum absolute atomic E-state index is 0.216. The Labute approximate surface area is 230 Å². The van der Waals surface area contributed by atoms with Gasteiger partial charge in [0.25, 0.3) is 0 Å². The molecule has 0 unspecified atom stereocenters. The average molecular weight is 730 g/mol. The monoisotopic (exact) mass is 726 g/mol. The van der Waals surface area contributed by atoms with Crippen LogP contribution in [0.15, 0.2) is 103 Å². The van der Waals surface area contributed by atoms with Crippen LogP contribution < -0.4 is 10.6 Å². The lowest BCUT2D eigenvalue weighted by atomic mass is 10.0. The maximum absolute atomic E-state index is 11.1. The fourth-order valence-electron chi connectivity index (χ4n) is 3.80. The molecule has 0 amide bonds. The van der Waals surface area contributed by atoms with E-state index in [9.17, 15) is 10.2 Å². The Morgan fingerprint density at radius 2 is 1.00 bits per heavy atom. The van der Waals surface area contributed by atoms with E-state index >= 15 is 0 Å². The lowest BCUT2D eigenvalue weighted by molar-refractivity contribution is 0.475. The molecule has 0 aliphatic carbocycles. The van der Waals surface area contributed by atoms with E-state index < -0.39 is 16.7 Å². The molecule has 4 rings (SSSR count). The summed E-state index contributed by atoms with van der Waals surface area (Å²) in [5.74, 6) is 0.458. The summed E-state index contributed by atoms with van der Waals surface area (Å²) in [5.41, 5.74) is 2.72. The van der Waals surface area contributed by atoms with Crippen molar-refractivity contribution in [1.82, 2.24) is 0 Å². The quantitative estimate of drug-likeness (QED) is 0.160. The molecule has 0 saturated carbocycles. The second-order valence-electron chi connectivity index (χ2n) is 7.50. The average Bonchev–Trinajstić information content (AvgIpc) is 2.81. The molecular weight excluding hydrogens is 711 g/mol. The largest absolute Gasteiger partial charge is 0.506 e. The second kappa shape index (κ2) is 11.2. The van der Waals surface area contributed by atoms with Crippen molar-refractivity contribution in [2.75, 3.05) is 0 Å². The van der Waals surface area contributed by atoms with Crippen molar-refractivity contribution in [2.24, 2.45) is 0 Å². The normalized spacial score (nSPS) is 11.7. The van der Waals surface area contributed by atoms with Crippen LogP contribution in [0.2, 0.25) is 0 Å². The lowest BCUT2D eigenvalue weighted by Gasteiger charge is -2.27. The zero-order valence-electron chi connectivity index (χ0n) is 17.2. The van der Waals surface area contributed by atoms with E-state index in [1.807, 2.05) is 36.4 Å². The summed E-state index contributed by atoms with van der Waals surface area (Å²) in [6.07, 6.45) is 0. The minimum atomic E-state index is -1.03. The summed E-state index contributed by atoms with van der Waals surface area (Å²) in [7, 11) is -2.02. The Hall–Kier alpha value is -0.953. The van der Waals surface area contributed by atoms with Crippen LogP contribution in [0.1, 0.15) is 16.7 Å². The SMILES string of the molecule is Oc1c(Br)cc(Br)cc1P([SiH2]C(c1ccccc1)c1ccccc1)c1cc(Br)cc(Br)c1O. The van der Waals surface area contributed by atoms with Crippen molar-refractivity contribution < 1.29 is 10.2 Å². The lowest BCUT2D eigenvalue weighted by Crippen LogP contribution is -2.22. The first kappa shape index (κ1) is 25.1. The molecule has 0 heterocycles. The molecule has 4 aromatic rings. The first-order chi connectivity index (χ1) is 15.8. The number of rotatable bonds is 6. The first-order valence-corrected chi connectivity index (χ1v) is 17.5. The van der Waals surface area contributed by atoms with Crippen molar-refractivity contribution in [1.29, 1.82) is 0 Å². The zero-order chi connectivity index (χ0) is 23.5. The van der Waals surface area contributed by atoms with Crippen LogP contribution in [-0.4, -0.2) is 19.4 Å².